The van der Waals surface area contributed by atoms with Gasteiger partial charge in [0.25, 0.3) is 5.91 Å². The standard InChI is InChI=1S/C32H33Cl2F2N3O7S2.H2O/c1-38(2)31(41)21-4-3-5-22(12-21)48(42,43)39-10-11-47-29(39)15-30(40)45-27(14-23-24(33)16-37-17-25(23)34)20-8-9-26(46-32(35)36)28(13-20)44-18-19-6-7-19;/h3-5,8-9,12-13,16-17,19,27,29,32H,6-7,10-11,14-15,18H2,1-2H3;1H2/t27-,29?;/m0./s1. The van der Waals surface area contributed by atoms with Crippen LogP contribution in [0, 0.1) is 5.92 Å². The van der Waals surface area contributed by atoms with Crippen molar-refractivity contribution in [1.29, 1.82) is 0 Å². The fourth-order valence-electron chi connectivity index (χ4n) is 5.08. The number of carbonyl (C=O) groups excluding carboxylic acids is 2. The Bertz CT molecular complexity index is 1750. The maximum absolute atomic E-state index is 13.7. The quantitative estimate of drug-likeness (QED) is 0.189. The van der Waals surface area contributed by atoms with Crippen LogP contribution in [0.5, 0.6) is 11.5 Å². The van der Waals surface area contributed by atoms with Gasteiger partial charge >= 0.3 is 12.6 Å². The van der Waals surface area contributed by atoms with Crippen molar-refractivity contribution in [3.05, 3.63) is 81.6 Å². The molecule has 2 fully saturated rings. The third-order valence-corrected chi connectivity index (χ3v) is 11.7. The molecule has 2 atom stereocenters. The fraction of sp³-hybridized carbons (Fsp3) is 0.406. The number of hydrogen-bond donors (Lipinski definition) is 0. The van der Waals surface area contributed by atoms with Crippen molar-refractivity contribution in [1.82, 2.24) is 9.21 Å². The number of rotatable bonds is 14. The highest BCUT2D eigenvalue weighted by atomic mass is 35.5. The second-order valence-corrected chi connectivity index (χ2v) is 15.5. The monoisotopic (exact) mass is 761 g/mol. The van der Waals surface area contributed by atoms with Crippen molar-refractivity contribution in [2.75, 3.05) is 33.0 Å². The van der Waals surface area contributed by atoms with E-state index in [0.717, 1.165) is 12.8 Å². The number of carbonyl (C=O) groups is 2. The zero-order valence-electron chi connectivity index (χ0n) is 26.5. The summed E-state index contributed by atoms with van der Waals surface area (Å²) < 4.78 is 71.5. The molecule has 5 rings (SSSR count). The highest BCUT2D eigenvalue weighted by Gasteiger charge is 2.38. The van der Waals surface area contributed by atoms with Crippen molar-refractivity contribution < 1.29 is 51.5 Å². The van der Waals surface area contributed by atoms with Crippen LogP contribution in [0.3, 0.4) is 0 Å². The van der Waals surface area contributed by atoms with E-state index in [1.807, 2.05) is 0 Å². The molecule has 2 heterocycles. The first-order valence-electron chi connectivity index (χ1n) is 15.0. The van der Waals surface area contributed by atoms with E-state index < -0.39 is 34.1 Å². The van der Waals surface area contributed by atoms with Gasteiger partial charge in [0.2, 0.25) is 10.0 Å². The van der Waals surface area contributed by atoms with Gasteiger partial charge in [0, 0.05) is 43.9 Å². The zero-order chi connectivity index (χ0) is 34.6. The Morgan fingerprint density at radius 3 is 2.45 bits per heavy atom. The lowest BCUT2D eigenvalue weighted by atomic mass is 10.0. The van der Waals surface area contributed by atoms with Crippen LogP contribution < -0.4 is 14.5 Å². The Hall–Kier alpha value is -3.21. The lowest BCUT2D eigenvalue weighted by Crippen LogP contribution is -2.36. The first-order valence-corrected chi connectivity index (χ1v) is 18.3. The lowest BCUT2D eigenvalue weighted by Gasteiger charge is -2.25. The van der Waals surface area contributed by atoms with E-state index in [1.165, 1.54) is 75.8 Å². The molecule has 0 spiro atoms. The summed E-state index contributed by atoms with van der Waals surface area (Å²) in [5.74, 6) is -0.392. The SMILES string of the molecule is CN(C)C(=O)c1cccc(S(=O)(=O)N2CCSC2CC(=O)O[C@@H](Cc2c(Cl)c[nH+]cc2Cl)c2ccc(OC(F)F)c(OCC3CC3)c2)c1.[OH-]. The molecule has 1 saturated heterocycles. The summed E-state index contributed by atoms with van der Waals surface area (Å²) in [6, 6.07) is 10.1. The molecule has 1 aromatic heterocycles. The summed E-state index contributed by atoms with van der Waals surface area (Å²) in [5, 5.41) is -0.218. The summed E-state index contributed by atoms with van der Waals surface area (Å²) in [6.07, 6.45) is 3.69. The maximum Gasteiger partial charge on any atom is 0.387 e. The van der Waals surface area contributed by atoms with Crippen LogP contribution >= 0.6 is 35.0 Å². The van der Waals surface area contributed by atoms with E-state index in [0.29, 0.717) is 29.4 Å². The molecule has 2 aromatic carbocycles. The Balaban J connectivity index is 0.00000541. The van der Waals surface area contributed by atoms with Gasteiger partial charge in [-0.25, -0.2) is 13.4 Å². The minimum absolute atomic E-state index is 0. The number of aromatic amines is 1. The van der Waals surface area contributed by atoms with Crippen molar-refractivity contribution in [2.45, 2.75) is 48.7 Å². The molecule has 11 nitrogen and oxygen atoms in total. The van der Waals surface area contributed by atoms with Gasteiger partial charge in [0.15, 0.2) is 23.9 Å². The number of nitrogens with zero attached hydrogens (tertiary/aromatic N) is 2. The molecule has 1 aliphatic heterocycles. The first kappa shape index (κ1) is 38.6. The number of aromatic nitrogens is 1. The topological polar surface area (TPSA) is 147 Å². The van der Waals surface area contributed by atoms with Crippen molar-refractivity contribution in [3.8, 4) is 11.5 Å². The maximum atomic E-state index is 13.7. The van der Waals surface area contributed by atoms with Gasteiger partial charge in [-0.1, -0.05) is 35.3 Å². The van der Waals surface area contributed by atoms with Crippen LogP contribution in [0.4, 0.5) is 8.78 Å². The Kier molecular flexibility index (Phi) is 13.1. The van der Waals surface area contributed by atoms with Crippen molar-refractivity contribution >= 4 is 56.9 Å². The smallest absolute Gasteiger partial charge is 0.387 e. The summed E-state index contributed by atoms with van der Waals surface area (Å²) in [5.41, 5.74) is 1.09. The molecule has 0 bridgehead atoms. The molecule has 1 amide bonds. The van der Waals surface area contributed by atoms with Gasteiger partial charge in [-0.05, 0) is 54.7 Å². The van der Waals surface area contributed by atoms with Crippen LogP contribution in [0.2, 0.25) is 10.0 Å². The van der Waals surface area contributed by atoms with E-state index >= 15 is 0 Å². The first-order chi connectivity index (χ1) is 22.8. The number of benzene rings is 2. The number of alkyl halides is 2. The molecule has 2 aliphatic rings. The van der Waals surface area contributed by atoms with Crippen molar-refractivity contribution in [3.63, 3.8) is 0 Å². The second kappa shape index (κ2) is 16.7. The summed E-state index contributed by atoms with van der Waals surface area (Å²) in [7, 11) is -0.939. The van der Waals surface area contributed by atoms with E-state index in [1.54, 1.807) is 14.1 Å². The number of halogens is 4. The van der Waals surface area contributed by atoms with Crippen LogP contribution in [0.1, 0.15) is 46.9 Å². The highest BCUT2D eigenvalue weighted by molar-refractivity contribution is 8.01. The number of esters is 1. The van der Waals surface area contributed by atoms with Gasteiger partial charge in [-0.3, -0.25) is 9.59 Å². The average molecular weight is 763 g/mol. The number of H-pyrrole nitrogens is 1. The van der Waals surface area contributed by atoms with Crippen LogP contribution in [-0.4, -0.2) is 80.0 Å². The Morgan fingerprint density at radius 2 is 1.80 bits per heavy atom. The number of thioether (sulfide) groups is 1. The summed E-state index contributed by atoms with van der Waals surface area (Å²) in [6.45, 7) is -2.61. The van der Waals surface area contributed by atoms with E-state index in [2.05, 4.69) is 9.72 Å². The molecule has 2 N–H and O–H groups in total. The van der Waals surface area contributed by atoms with Gasteiger partial charge in [0.05, 0.1) is 23.3 Å². The number of pyridine rings is 1. The largest absolute Gasteiger partial charge is 0.870 e. The van der Waals surface area contributed by atoms with Crippen LogP contribution in [-0.2, 0) is 26.0 Å². The molecule has 1 unspecified atom stereocenters. The summed E-state index contributed by atoms with van der Waals surface area (Å²) in [4.78, 5) is 30.2. The molecule has 3 aromatic rings. The highest BCUT2D eigenvalue weighted by Crippen LogP contribution is 2.39. The van der Waals surface area contributed by atoms with Gasteiger partial charge in [0.1, 0.15) is 16.1 Å². The Morgan fingerprint density at radius 1 is 1.08 bits per heavy atom. The second-order valence-electron chi connectivity index (χ2n) is 11.5. The molecule has 1 saturated carbocycles. The van der Waals surface area contributed by atoms with E-state index in [-0.39, 0.29) is 62.8 Å². The predicted octanol–water partition coefficient (Wildman–Crippen LogP) is 5.70. The Labute approximate surface area is 297 Å². The average Bonchev–Trinajstić information content (AvgIpc) is 3.76. The molecule has 266 valence electrons. The minimum Gasteiger partial charge on any atom is -0.870 e. The molecular formula is C32H35Cl2F2N3O8S2. The molecule has 49 heavy (non-hydrogen) atoms. The number of amides is 1. The lowest BCUT2D eigenvalue weighted by molar-refractivity contribution is -0.377. The third-order valence-electron chi connectivity index (χ3n) is 7.77. The van der Waals surface area contributed by atoms with Gasteiger partial charge < -0.3 is 24.6 Å². The molecule has 0 radical (unpaired) electrons. The van der Waals surface area contributed by atoms with Gasteiger partial charge in [-0.2, -0.15) is 13.1 Å². The van der Waals surface area contributed by atoms with Crippen molar-refractivity contribution in [2.24, 2.45) is 5.92 Å². The predicted molar refractivity (Wildman–Crippen MR) is 178 cm³/mol. The fourth-order valence-corrected chi connectivity index (χ4v) is 8.86. The molecular weight excluding hydrogens is 727 g/mol. The van der Waals surface area contributed by atoms with Crippen LogP contribution in [0.25, 0.3) is 0 Å². The van der Waals surface area contributed by atoms with E-state index in [9.17, 15) is 26.8 Å². The van der Waals surface area contributed by atoms with E-state index in [4.69, 9.17) is 32.7 Å². The molecule has 1 aliphatic carbocycles. The van der Waals surface area contributed by atoms with Gasteiger partial charge in [-0.15, -0.1) is 11.8 Å². The molecule has 17 heteroatoms. The number of nitrogens with one attached hydrogen (secondary N) is 1. The zero-order valence-corrected chi connectivity index (χ0v) is 29.6. The number of hydrogen-bond acceptors (Lipinski definition) is 9. The minimum atomic E-state index is -4.08. The summed E-state index contributed by atoms with van der Waals surface area (Å²) >= 11 is 14.2. The number of ether oxygens (including phenoxy) is 3. The number of sulfonamides is 1. The normalized spacial score (nSPS) is 16.9. The third kappa shape index (κ3) is 9.73. The van der Waals surface area contributed by atoms with Crippen LogP contribution in [0.15, 0.2) is 59.8 Å².